The molecule has 15 heavy (non-hydrogen) atoms. The number of halogens is 1. The van der Waals surface area contributed by atoms with Crippen LogP contribution in [0.2, 0.25) is 0 Å². The monoisotopic (exact) mass is 228 g/mol. The minimum atomic E-state index is 0.867. The first kappa shape index (κ1) is 10.5. The molecular weight excluding hydrogens is 212 g/mol. The van der Waals surface area contributed by atoms with Crippen molar-refractivity contribution >= 4 is 16.9 Å². The average Bonchev–Trinajstić information content (AvgIpc) is 2.74. The van der Waals surface area contributed by atoms with Crippen molar-refractivity contribution in [1.29, 1.82) is 0 Å². The van der Waals surface area contributed by atoms with E-state index in [0.29, 0.717) is 0 Å². The maximum atomic E-state index is 6.15. The zero-order valence-corrected chi connectivity index (χ0v) is 9.98. The van der Waals surface area contributed by atoms with Crippen LogP contribution in [0.15, 0.2) is 18.7 Å². The van der Waals surface area contributed by atoms with Crippen LogP contribution in [0.25, 0.3) is 0 Å². The highest BCUT2D eigenvalue weighted by Gasteiger charge is 2.26. The van der Waals surface area contributed by atoms with Gasteiger partial charge in [0.25, 0.3) is 0 Å². The molecule has 0 atom stereocenters. The Labute approximate surface area is 95.0 Å². The van der Waals surface area contributed by atoms with E-state index in [-0.39, 0.29) is 0 Å². The second kappa shape index (κ2) is 4.23. The van der Waals surface area contributed by atoms with Crippen LogP contribution in [0.1, 0.15) is 0 Å². The number of aromatic nitrogens is 2. The van der Waals surface area contributed by atoms with Crippen LogP contribution in [0, 0.1) is 0 Å². The predicted octanol–water partition coefficient (Wildman–Crippen LogP) is -0.135. The molecule has 0 spiro atoms. The lowest BCUT2D eigenvalue weighted by molar-refractivity contribution is -0.671. The molecule has 0 unspecified atom stereocenters. The highest BCUT2D eigenvalue weighted by Crippen LogP contribution is 2.04. The number of rotatable bonds is 3. The van der Waals surface area contributed by atoms with Gasteiger partial charge in [-0.2, -0.15) is 0 Å². The van der Waals surface area contributed by atoms with Crippen LogP contribution in [0.5, 0.6) is 0 Å². The fourth-order valence-electron chi connectivity index (χ4n) is 1.77. The van der Waals surface area contributed by atoms with E-state index in [9.17, 15) is 0 Å². The van der Waals surface area contributed by atoms with Gasteiger partial charge in [0, 0.05) is 11.6 Å². The third-order valence-corrected chi connectivity index (χ3v) is 3.26. The molecular formula is C10H17ClN4+2. The highest BCUT2D eigenvalue weighted by atomic mass is 35.5. The van der Waals surface area contributed by atoms with Gasteiger partial charge in [0.15, 0.2) is 0 Å². The largest absolute Gasteiger partial charge is 0.345 e. The van der Waals surface area contributed by atoms with E-state index in [1.165, 1.54) is 0 Å². The Morgan fingerprint density at radius 1 is 1.40 bits per heavy atom. The van der Waals surface area contributed by atoms with Crippen LogP contribution in [0.4, 0.5) is 0 Å². The summed E-state index contributed by atoms with van der Waals surface area (Å²) < 4.78 is 6.29. The summed E-state index contributed by atoms with van der Waals surface area (Å²) >= 11 is 6.15. The molecule has 0 amide bonds. The number of likely N-dealkylation sites (N-methyl/N-ethyl adjacent to an activating group) is 1. The van der Waals surface area contributed by atoms with Crippen molar-refractivity contribution in [3.8, 4) is 0 Å². The number of imidazole rings is 1. The second-order valence-corrected chi connectivity index (χ2v) is 4.33. The van der Waals surface area contributed by atoms with Gasteiger partial charge in [-0.05, 0) is 0 Å². The minimum absolute atomic E-state index is 0.867. The number of hydrogen-bond acceptors (Lipinski definition) is 1. The molecule has 2 heterocycles. The molecule has 0 bridgehead atoms. The van der Waals surface area contributed by atoms with Gasteiger partial charge >= 0.3 is 5.29 Å². The summed E-state index contributed by atoms with van der Waals surface area (Å²) in [4.78, 5) is 2.21. The molecule has 0 saturated heterocycles. The van der Waals surface area contributed by atoms with Crippen molar-refractivity contribution in [2.45, 2.75) is 6.54 Å². The fourth-order valence-corrected chi connectivity index (χ4v) is 2.02. The molecule has 0 radical (unpaired) electrons. The molecule has 0 aromatic carbocycles. The van der Waals surface area contributed by atoms with Crippen LogP contribution >= 0.6 is 11.6 Å². The summed E-state index contributed by atoms with van der Waals surface area (Å²) in [5.41, 5.74) is 0. The topological polar surface area (TPSA) is 15.1 Å². The molecule has 5 heteroatoms. The Hall–Kier alpha value is -1.03. The third kappa shape index (κ3) is 2.31. The Bertz CT molecular complexity index is 383. The predicted molar refractivity (Wildman–Crippen MR) is 59.1 cm³/mol. The number of nitrogens with zero attached hydrogens (tertiary/aromatic N) is 4. The summed E-state index contributed by atoms with van der Waals surface area (Å²) in [5.74, 6) is 0. The SMILES string of the molecule is C[N+]1=C(Cl)N(CCn2cc[n+](C)c2)CC1. The van der Waals surface area contributed by atoms with Crippen molar-refractivity contribution in [3.63, 3.8) is 0 Å². The lowest BCUT2D eigenvalue weighted by atomic mass is 10.5. The van der Waals surface area contributed by atoms with E-state index in [0.717, 1.165) is 31.5 Å². The standard InChI is InChI=1S/C10H17ClN4/c1-12-3-5-14(9-12)6-8-15-7-4-13(2)10(15)11/h3,5,9H,4,6-8H2,1-2H3/q+2. The molecule has 1 aliphatic rings. The number of hydrogen-bond donors (Lipinski definition) is 0. The Kier molecular flexibility index (Phi) is 2.95. The summed E-state index contributed by atoms with van der Waals surface area (Å²) in [7, 11) is 4.05. The van der Waals surface area contributed by atoms with Gasteiger partial charge in [0.2, 0.25) is 6.33 Å². The Balaban J connectivity index is 1.89. The van der Waals surface area contributed by atoms with Crippen molar-refractivity contribution in [1.82, 2.24) is 9.47 Å². The molecule has 0 saturated carbocycles. The molecule has 0 fully saturated rings. The van der Waals surface area contributed by atoms with E-state index in [1.54, 1.807) is 0 Å². The van der Waals surface area contributed by atoms with Gasteiger partial charge in [0.05, 0.1) is 14.1 Å². The molecule has 1 aromatic heterocycles. The first-order valence-electron chi connectivity index (χ1n) is 5.16. The zero-order chi connectivity index (χ0) is 10.8. The smallest absolute Gasteiger partial charge is 0.250 e. The molecule has 1 aromatic rings. The molecule has 2 rings (SSSR count). The Morgan fingerprint density at radius 3 is 2.73 bits per heavy atom. The molecule has 1 aliphatic heterocycles. The highest BCUT2D eigenvalue weighted by molar-refractivity contribution is 6.63. The average molecular weight is 229 g/mol. The minimum Gasteiger partial charge on any atom is -0.250 e. The lowest BCUT2D eigenvalue weighted by Crippen LogP contribution is -2.29. The van der Waals surface area contributed by atoms with Crippen LogP contribution < -0.4 is 4.57 Å². The first-order valence-corrected chi connectivity index (χ1v) is 5.54. The van der Waals surface area contributed by atoms with E-state index in [2.05, 4.69) is 26.6 Å². The quantitative estimate of drug-likeness (QED) is 0.520. The van der Waals surface area contributed by atoms with Crippen molar-refractivity contribution in [2.75, 3.05) is 26.7 Å². The van der Waals surface area contributed by atoms with Crippen molar-refractivity contribution < 1.29 is 9.14 Å². The van der Waals surface area contributed by atoms with Crippen LogP contribution in [-0.2, 0) is 13.6 Å². The summed E-state index contributed by atoms with van der Waals surface area (Å²) in [6, 6.07) is 0. The number of aryl methyl sites for hydroxylation is 1. The van der Waals surface area contributed by atoms with Gasteiger partial charge in [-0.3, -0.25) is 4.58 Å². The second-order valence-electron chi connectivity index (χ2n) is 3.99. The summed E-state index contributed by atoms with van der Waals surface area (Å²) in [6.45, 7) is 4.00. The Morgan fingerprint density at radius 2 is 2.20 bits per heavy atom. The molecule has 0 N–H and O–H groups in total. The number of amidine groups is 1. The zero-order valence-electron chi connectivity index (χ0n) is 9.23. The van der Waals surface area contributed by atoms with E-state index >= 15 is 0 Å². The third-order valence-electron chi connectivity index (χ3n) is 2.73. The van der Waals surface area contributed by atoms with E-state index < -0.39 is 0 Å². The van der Waals surface area contributed by atoms with Gasteiger partial charge < -0.3 is 0 Å². The van der Waals surface area contributed by atoms with Gasteiger partial charge in [-0.1, -0.05) is 0 Å². The molecule has 82 valence electrons. The maximum absolute atomic E-state index is 6.15. The normalized spacial score (nSPS) is 16.6. The maximum Gasteiger partial charge on any atom is 0.345 e. The summed E-state index contributed by atoms with van der Waals surface area (Å²) in [5, 5.41) is 0.867. The first-order chi connectivity index (χ1) is 7.16. The van der Waals surface area contributed by atoms with Gasteiger partial charge in [0.1, 0.15) is 38.6 Å². The summed E-state index contributed by atoms with van der Waals surface area (Å²) in [6.07, 6.45) is 6.20. The van der Waals surface area contributed by atoms with Crippen LogP contribution in [-0.4, -0.2) is 46.0 Å². The van der Waals surface area contributed by atoms with E-state index in [4.69, 9.17) is 11.6 Å². The van der Waals surface area contributed by atoms with Crippen molar-refractivity contribution in [2.24, 2.45) is 7.05 Å². The van der Waals surface area contributed by atoms with Gasteiger partial charge in [-0.15, -0.1) is 0 Å². The van der Waals surface area contributed by atoms with Crippen molar-refractivity contribution in [3.05, 3.63) is 18.7 Å². The van der Waals surface area contributed by atoms with E-state index in [1.807, 2.05) is 24.9 Å². The molecule has 0 aliphatic carbocycles. The molecule has 4 nitrogen and oxygen atoms in total. The van der Waals surface area contributed by atoms with Crippen LogP contribution in [0.3, 0.4) is 0 Å². The fraction of sp³-hybridized carbons (Fsp3) is 0.600. The van der Waals surface area contributed by atoms with Gasteiger partial charge in [-0.25, -0.2) is 14.0 Å². The lowest BCUT2D eigenvalue weighted by Gasteiger charge is -2.06.